The van der Waals surface area contributed by atoms with Crippen molar-refractivity contribution in [1.29, 1.82) is 0 Å². The zero-order valence-electron chi connectivity index (χ0n) is 12.4. The van der Waals surface area contributed by atoms with Gasteiger partial charge >= 0.3 is 0 Å². The molecule has 0 fully saturated rings. The molecule has 3 aromatic rings. The van der Waals surface area contributed by atoms with E-state index in [1.807, 2.05) is 24.3 Å². The lowest BCUT2D eigenvalue weighted by Gasteiger charge is -2.10. The zero-order valence-corrected chi connectivity index (χ0v) is 14.0. The van der Waals surface area contributed by atoms with E-state index < -0.39 is 19.9 Å². The minimum atomic E-state index is -3.96. The number of sulfone groups is 1. The molecule has 8 heteroatoms. The molecule has 4 N–H and O–H groups in total. The van der Waals surface area contributed by atoms with Gasteiger partial charge in [-0.2, -0.15) is 0 Å². The largest absolute Gasteiger partial charge is 0.398 e. The Bertz CT molecular complexity index is 1150. The predicted molar refractivity (Wildman–Crippen MR) is 91.6 cm³/mol. The van der Waals surface area contributed by atoms with Gasteiger partial charge in [-0.15, -0.1) is 0 Å². The maximum absolute atomic E-state index is 12.8. The Balaban J connectivity index is 2.16. The van der Waals surface area contributed by atoms with Crippen LogP contribution in [0.2, 0.25) is 0 Å². The summed E-state index contributed by atoms with van der Waals surface area (Å²) >= 11 is 0. The van der Waals surface area contributed by atoms with E-state index in [4.69, 9.17) is 10.9 Å². The van der Waals surface area contributed by atoms with Crippen LogP contribution in [0.4, 0.5) is 5.69 Å². The molecule has 0 amide bonds. The van der Waals surface area contributed by atoms with E-state index in [-0.39, 0.29) is 20.4 Å². The molecule has 0 aromatic heterocycles. The highest BCUT2D eigenvalue weighted by Crippen LogP contribution is 2.29. The highest BCUT2D eigenvalue weighted by molar-refractivity contribution is 7.91. The van der Waals surface area contributed by atoms with Gasteiger partial charge in [0.05, 0.1) is 20.4 Å². The molecule has 0 radical (unpaired) electrons. The van der Waals surface area contributed by atoms with Crippen molar-refractivity contribution in [3.05, 3.63) is 60.7 Å². The van der Waals surface area contributed by atoms with Gasteiger partial charge in [-0.25, -0.2) is 22.0 Å². The van der Waals surface area contributed by atoms with Crippen LogP contribution in [0.15, 0.2) is 75.4 Å². The molecule has 0 aliphatic heterocycles. The van der Waals surface area contributed by atoms with Crippen molar-refractivity contribution in [2.24, 2.45) is 5.14 Å². The lowest BCUT2D eigenvalue weighted by atomic mass is 10.1. The molecule has 124 valence electrons. The van der Waals surface area contributed by atoms with E-state index in [0.717, 1.165) is 29.0 Å². The standard InChI is InChI=1S/C16H14N2O4S2/c17-15-10-14(24(18,21)22)7-8-16(15)23(19,20)13-6-5-11-3-1-2-4-12(11)9-13/h1-10H,17H2,(H2,18,21,22). The Hall–Kier alpha value is -2.42. The van der Waals surface area contributed by atoms with Crippen molar-refractivity contribution < 1.29 is 16.8 Å². The number of hydrogen-bond donors (Lipinski definition) is 2. The Morgan fingerprint density at radius 1 is 0.708 bits per heavy atom. The average Bonchev–Trinajstić information content (AvgIpc) is 2.53. The van der Waals surface area contributed by atoms with E-state index in [1.165, 1.54) is 6.07 Å². The number of hydrogen-bond acceptors (Lipinski definition) is 5. The summed E-state index contributed by atoms with van der Waals surface area (Å²) in [5.41, 5.74) is 5.58. The number of primary sulfonamides is 1. The summed E-state index contributed by atoms with van der Waals surface area (Å²) in [5.74, 6) is 0. The second-order valence-corrected chi connectivity index (χ2v) is 8.74. The van der Waals surface area contributed by atoms with E-state index in [9.17, 15) is 16.8 Å². The van der Waals surface area contributed by atoms with Crippen LogP contribution in [0.3, 0.4) is 0 Å². The second-order valence-electron chi connectivity index (χ2n) is 5.26. The Morgan fingerprint density at radius 3 is 1.96 bits per heavy atom. The van der Waals surface area contributed by atoms with Gasteiger partial charge in [-0.05, 0) is 41.1 Å². The SMILES string of the molecule is Nc1cc(S(N)(=O)=O)ccc1S(=O)(=O)c1ccc2ccccc2c1. The van der Waals surface area contributed by atoms with Crippen molar-refractivity contribution >= 4 is 36.3 Å². The topological polar surface area (TPSA) is 120 Å². The molecule has 3 rings (SSSR count). The van der Waals surface area contributed by atoms with Gasteiger partial charge in [0.25, 0.3) is 0 Å². The number of benzene rings is 3. The van der Waals surface area contributed by atoms with Crippen LogP contribution in [0.5, 0.6) is 0 Å². The Kier molecular flexibility index (Phi) is 3.83. The summed E-state index contributed by atoms with van der Waals surface area (Å²) in [4.78, 5) is -0.320. The van der Waals surface area contributed by atoms with E-state index in [1.54, 1.807) is 12.1 Å². The lowest BCUT2D eigenvalue weighted by molar-refractivity contribution is 0.593. The first-order valence-electron chi connectivity index (χ1n) is 6.86. The molecule has 0 spiro atoms. The van der Waals surface area contributed by atoms with Gasteiger partial charge in [-0.1, -0.05) is 30.3 Å². The minimum Gasteiger partial charge on any atom is -0.398 e. The molecule has 0 bridgehead atoms. The number of fused-ring (bicyclic) bond motifs is 1. The summed E-state index contributed by atoms with van der Waals surface area (Å²) < 4.78 is 48.3. The van der Waals surface area contributed by atoms with Crippen molar-refractivity contribution in [2.45, 2.75) is 14.7 Å². The highest BCUT2D eigenvalue weighted by atomic mass is 32.2. The molecular weight excluding hydrogens is 348 g/mol. The zero-order chi connectivity index (χ0) is 17.5. The van der Waals surface area contributed by atoms with Crippen LogP contribution in [0.25, 0.3) is 10.8 Å². The fourth-order valence-corrected chi connectivity index (χ4v) is 4.36. The number of sulfonamides is 1. The third-order valence-electron chi connectivity index (χ3n) is 3.63. The first-order chi connectivity index (χ1) is 11.2. The maximum atomic E-state index is 12.8. The van der Waals surface area contributed by atoms with Crippen molar-refractivity contribution in [2.75, 3.05) is 5.73 Å². The Morgan fingerprint density at radius 2 is 1.33 bits per heavy atom. The summed E-state index contributed by atoms with van der Waals surface area (Å²) in [6.45, 7) is 0. The van der Waals surface area contributed by atoms with Crippen molar-refractivity contribution in [3.63, 3.8) is 0 Å². The number of rotatable bonds is 3. The molecule has 0 unspecified atom stereocenters. The quantitative estimate of drug-likeness (QED) is 0.689. The first-order valence-corrected chi connectivity index (χ1v) is 9.89. The molecular formula is C16H14N2O4S2. The van der Waals surface area contributed by atoms with E-state index >= 15 is 0 Å². The van der Waals surface area contributed by atoms with Crippen LogP contribution in [-0.2, 0) is 19.9 Å². The molecule has 24 heavy (non-hydrogen) atoms. The normalized spacial score (nSPS) is 12.4. The van der Waals surface area contributed by atoms with Crippen LogP contribution in [0.1, 0.15) is 0 Å². The molecule has 0 atom stereocenters. The number of anilines is 1. The third-order valence-corrected chi connectivity index (χ3v) is 6.37. The smallest absolute Gasteiger partial charge is 0.238 e. The van der Waals surface area contributed by atoms with Crippen molar-refractivity contribution in [1.82, 2.24) is 0 Å². The van der Waals surface area contributed by atoms with Gasteiger partial charge in [0, 0.05) is 0 Å². The molecule has 0 aliphatic rings. The average molecular weight is 362 g/mol. The van der Waals surface area contributed by atoms with Gasteiger partial charge in [-0.3, -0.25) is 0 Å². The van der Waals surface area contributed by atoms with E-state index in [0.29, 0.717) is 0 Å². The summed E-state index contributed by atoms with van der Waals surface area (Å²) in [5, 5.41) is 6.71. The van der Waals surface area contributed by atoms with Gasteiger partial charge < -0.3 is 5.73 Å². The third kappa shape index (κ3) is 2.86. The lowest BCUT2D eigenvalue weighted by Crippen LogP contribution is -2.13. The van der Waals surface area contributed by atoms with Crippen LogP contribution in [-0.4, -0.2) is 16.8 Å². The van der Waals surface area contributed by atoms with E-state index in [2.05, 4.69) is 0 Å². The first kappa shape index (κ1) is 16.4. The highest BCUT2D eigenvalue weighted by Gasteiger charge is 2.22. The molecule has 0 aliphatic carbocycles. The monoisotopic (exact) mass is 362 g/mol. The second kappa shape index (κ2) is 5.59. The predicted octanol–water partition coefficient (Wildman–Crippen LogP) is 1.90. The maximum Gasteiger partial charge on any atom is 0.238 e. The summed E-state index contributed by atoms with van der Waals surface area (Å²) in [7, 11) is -7.84. The van der Waals surface area contributed by atoms with Crippen LogP contribution in [0, 0.1) is 0 Å². The molecule has 3 aromatic carbocycles. The van der Waals surface area contributed by atoms with Crippen molar-refractivity contribution in [3.8, 4) is 0 Å². The van der Waals surface area contributed by atoms with Gasteiger partial charge in [0.15, 0.2) is 0 Å². The molecule has 6 nitrogen and oxygen atoms in total. The fraction of sp³-hybridized carbons (Fsp3) is 0. The summed E-state index contributed by atoms with van der Waals surface area (Å²) in [6.07, 6.45) is 0. The van der Waals surface area contributed by atoms with Gasteiger partial charge in [0.2, 0.25) is 19.9 Å². The minimum absolute atomic E-state index is 0.0799. The number of nitrogen functional groups attached to an aromatic ring is 1. The fourth-order valence-electron chi connectivity index (χ4n) is 2.41. The summed E-state index contributed by atoms with van der Waals surface area (Å²) in [6, 6.07) is 15.4. The molecule has 0 saturated carbocycles. The Labute approximate surface area is 139 Å². The number of nitrogens with two attached hydrogens (primary N) is 2. The van der Waals surface area contributed by atoms with Crippen LogP contribution >= 0.6 is 0 Å². The molecule has 0 heterocycles. The molecule has 0 saturated heterocycles. The van der Waals surface area contributed by atoms with Gasteiger partial charge in [0.1, 0.15) is 0 Å². The van der Waals surface area contributed by atoms with Crippen LogP contribution < -0.4 is 10.9 Å².